The summed E-state index contributed by atoms with van der Waals surface area (Å²) in [5.74, 6) is -3.29. The van der Waals surface area contributed by atoms with E-state index in [9.17, 15) is 27.2 Å². The SMILES string of the molecule is Cc1cc(C(=O)N(CC(=O)O)CC(F)(F)F)ccc1F. The molecule has 1 rings (SSSR count). The second kappa shape index (κ2) is 5.89. The fraction of sp³-hybridized carbons (Fsp3) is 0.333. The van der Waals surface area contributed by atoms with Crippen LogP contribution in [0.5, 0.6) is 0 Å². The van der Waals surface area contributed by atoms with Gasteiger partial charge in [-0.1, -0.05) is 0 Å². The number of hydrogen-bond donors (Lipinski definition) is 1. The predicted octanol–water partition coefficient (Wildman–Crippen LogP) is 2.22. The van der Waals surface area contributed by atoms with E-state index in [1.54, 1.807) is 0 Å². The van der Waals surface area contributed by atoms with Crippen LogP contribution in [0, 0.1) is 12.7 Å². The lowest BCUT2D eigenvalue weighted by Crippen LogP contribution is -2.42. The molecule has 0 aliphatic rings. The summed E-state index contributed by atoms with van der Waals surface area (Å²) < 4.78 is 50.0. The Hall–Kier alpha value is -2.12. The first-order valence-corrected chi connectivity index (χ1v) is 5.44. The third-order valence-electron chi connectivity index (χ3n) is 2.39. The van der Waals surface area contributed by atoms with Crippen LogP contribution in [0.4, 0.5) is 17.6 Å². The minimum atomic E-state index is -4.72. The molecule has 0 atom stereocenters. The Labute approximate surface area is 111 Å². The van der Waals surface area contributed by atoms with E-state index in [-0.39, 0.29) is 16.0 Å². The summed E-state index contributed by atoms with van der Waals surface area (Å²) in [4.78, 5) is 22.5. The maximum absolute atomic E-state index is 13.0. The first-order chi connectivity index (χ1) is 9.10. The Kier molecular flexibility index (Phi) is 4.69. The number of carbonyl (C=O) groups excluding carboxylic acids is 1. The Morgan fingerprint density at radius 1 is 1.30 bits per heavy atom. The molecule has 4 nitrogen and oxygen atoms in total. The van der Waals surface area contributed by atoms with E-state index in [2.05, 4.69) is 0 Å². The van der Waals surface area contributed by atoms with E-state index < -0.39 is 37.0 Å². The van der Waals surface area contributed by atoms with E-state index in [1.165, 1.54) is 6.92 Å². The minimum Gasteiger partial charge on any atom is -0.480 e. The zero-order chi connectivity index (χ0) is 15.5. The normalized spacial score (nSPS) is 11.2. The van der Waals surface area contributed by atoms with Gasteiger partial charge < -0.3 is 10.0 Å². The smallest absolute Gasteiger partial charge is 0.406 e. The zero-order valence-corrected chi connectivity index (χ0v) is 10.4. The van der Waals surface area contributed by atoms with Crippen LogP contribution in [-0.2, 0) is 4.79 Å². The number of benzene rings is 1. The molecule has 8 heteroatoms. The lowest BCUT2D eigenvalue weighted by atomic mass is 10.1. The molecule has 20 heavy (non-hydrogen) atoms. The number of amides is 1. The molecule has 0 saturated heterocycles. The maximum atomic E-state index is 13.0. The monoisotopic (exact) mass is 293 g/mol. The Balaban J connectivity index is 3.02. The first-order valence-electron chi connectivity index (χ1n) is 5.44. The molecule has 0 aliphatic heterocycles. The summed E-state index contributed by atoms with van der Waals surface area (Å²) >= 11 is 0. The number of nitrogens with zero attached hydrogens (tertiary/aromatic N) is 1. The van der Waals surface area contributed by atoms with Crippen LogP contribution in [-0.4, -0.2) is 41.1 Å². The van der Waals surface area contributed by atoms with E-state index in [4.69, 9.17) is 5.11 Å². The van der Waals surface area contributed by atoms with Crippen LogP contribution in [0.15, 0.2) is 18.2 Å². The zero-order valence-electron chi connectivity index (χ0n) is 10.4. The highest BCUT2D eigenvalue weighted by molar-refractivity contribution is 5.96. The van der Waals surface area contributed by atoms with Crippen molar-refractivity contribution in [1.82, 2.24) is 4.90 Å². The standard InChI is InChI=1S/C12H11F4NO3/c1-7-4-8(2-3-9(7)13)11(20)17(5-10(18)19)6-12(14,15)16/h2-4H,5-6H2,1H3,(H,18,19). The second-order valence-corrected chi connectivity index (χ2v) is 4.13. The van der Waals surface area contributed by atoms with Gasteiger partial charge in [-0.05, 0) is 30.7 Å². The molecule has 0 bridgehead atoms. The molecule has 0 fully saturated rings. The third-order valence-corrected chi connectivity index (χ3v) is 2.39. The summed E-state index contributed by atoms with van der Waals surface area (Å²) in [6.07, 6.45) is -4.72. The van der Waals surface area contributed by atoms with Gasteiger partial charge in [0.15, 0.2) is 0 Å². The average molecular weight is 293 g/mol. The number of halogens is 4. The van der Waals surface area contributed by atoms with Crippen molar-refractivity contribution in [2.24, 2.45) is 0 Å². The number of carbonyl (C=O) groups is 2. The van der Waals surface area contributed by atoms with E-state index in [0.717, 1.165) is 18.2 Å². The molecule has 0 aliphatic carbocycles. The van der Waals surface area contributed by atoms with Gasteiger partial charge in [0.05, 0.1) is 0 Å². The Morgan fingerprint density at radius 3 is 2.35 bits per heavy atom. The molecule has 1 N–H and O–H groups in total. The predicted molar refractivity (Wildman–Crippen MR) is 60.7 cm³/mol. The van der Waals surface area contributed by atoms with Crippen LogP contribution < -0.4 is 0 Å². The van der Waals surface area contributed by atoms with E-state index in [1.807, 2.05) is 0 Å². The molecule has 1 aromatic rings. The van der Waals surface area contributed by atoms with Crippen LogP contribution >= 0.6 is 0 Å². The minimum absolute atomic E-state index is 0.0816. The summed E-state index contributed by atoms with van der Waals surface area (Å²) in [5, 5.41) is 8.55. The number of hydrogen-bond acceptors (Lipinski definition) is 2. The average Bonchev–Trinajstić information content (AvgIpc) is 2.28. The van der Waals surface area contributed by atoms with Crippen LogP contribution in [0.2, 0.25) is 0 Å². The number of aliphatic carboxylic acids is 1. The number of aryl methyl sites for hydroxylation is 1. The highest BCUT2D eigenvalue weighted by atomic mass is 19.4. The number of alkyl halides is 3. The lowest BCUT2D eigenvalue weighted by molar-refractivity contribution is -0.149. The molecular formula is C12H11F4NO3. The van der Waals surface area contributed by atoms with Crippen molar-refractivity contribution >= 4 is 11.9 Å². The largest absolute Gasteiger partial charge is 0.480 e. The van der Waals surface area contributed by atoms with Crippen molar-refractivity contribution in [1.29, 1.82) is 0 Å². The van der Waals surface area contributed by atoms with Gasteiger partial charge in [-0.25, -0.2) is 4.39 Å². The second-order valence-electron chi connectivity index (χ2n) is 4.13. The first kappa shape index (κ1) is 15.9. The highest BCUT2D eigenvalue weighted by Gasteiger charge is 2.34. The topological polar surface area (TPSA) is 57.6 Å². The van der Waals surface area contributed by atoms with Crippen LogP contribution in [0.1, 0.15) is 15.9 Å². The van der Waals surface area contributed by atoms with Gasteiger partial charge in [0.25, 0.3) is 5.91 Å². The van der Waals surface area contributed by atoms with E-state index >= 15 is 0 Å². The Bertz CT molecular complexity index is 528. The molecule has 110 valence electrons. The van der Waals surface area contributed by atoms with Gasteiger partial charge in [0.1, 0.15) is 18.9 Å². The molecule has 0 spiro atoms. The van der Waals surface area contributed by atoms with Gasteiger partial charge in [0, 0.05) is 5.56 Å². The summed E-state index contributed by atoms with van der Waals surface area (Å²) in [6.45, 7) is -1.43. The van der Waals surface area contributed by atoms with Gasteiger partial charge in [-0.2, -0.15) is 13.2 Å². The number of carboxylic acids is 1. The molecule has 0 radical (unpaired) electrons. The van der Waals surface area contributed by atoms with Crippen molar-refractivity contribution in [2.45, 2.75) is 13.1 Å². The van der Waals surface area contributed by atoms with Crippen LogP contribution in [0.3, 0.4) is 0 Å². The quantitative estimate of drug-likeness (QED) is 0.866. The fourth-order valence-corrected chi connectivity index (χ4v) is 1.54. The third kappa shape index (κ3) is 4.52. The number of rotatable bonds is 4. The molecule has 0 unspecified atom stereocenters. The van der Waals surface area contributed by atoms with Crippen molar-refractivity contribution < 1.29 is 32.3 Å². The summed E-state index contributed by atoms with van der Waals surface area (Å²) in [7, 11) is 0. The lowest BCUT2D eigenvalue weighted by Gasteiger charge is -2.22. The molecule has 0 heterocycles. The van der Waals surface area contributed by atoms with Crippen molar-refractivity contribution in [2.75, 3.05) is 13.1 Å². The van der Waals surface area contributed by atoms with Gasteiger partial charge in [-0.15, -0.1) is 0 Å². The summed E-state index contributed by atoms with van der Waals surface area (Å²) in [6, 6.07) is 3.02. The van der Waals surface area contributed by atoms with E-state index in [0.29, 0.717) is 0 Å². The number of carboxylic acid groups (broad SMARTS) is 1. The van der Waals surface area contributed by atoms with Crippen LogP contribution in [0.25, 0.3) is 0 Å². The molecule has 0 saturated carbocycles. The molecule has 1 aromatic carbocycles. The molecule has 0 aromatic heterocycles. The van der Waals surface area contributed by atoms with Crippen molar-refractivity contribution in [3.8, 4) is 0 Å². The Morgan fingerprint density at radius 2 is 1.90 bits per heavy atom. The summed E-state index contributed by atoms with van der Waals surface area (Å²) in [5.41, 5.74) is -0.118. The fourth-order valence-electron chi connectivity index (χ4n) is 1.54. The van der Waals surface area contributed by atoms with Crippen molar-refractivity contribution in [3.05, 3.63) is 35.1 Å². The molecular weight excluding hydrogens is 282 g/mol. The van der Waals surface area contributed by atoms with Gasteiger partial charge in [-0.3, -0.25) is 9.59 Å². The van der Waals surface area contributed by atoms with Gasteiger partial charge in [0.2, 0.25) is 0 Å². The van der Waals surface area contributed by atoms with Gasteiger partial charge >= 0.3 is 12.1 Å². The van der Waals surface area contributed by atoms with Crippen molar-refractivity contribution in [3.63, 3.8) is 0 Å². The molecule has 1 amide bonds. The highest BCUT2D eigenvalue weighted by Crippen LogP contribution is 2.19. The maximum Gasteiger partial charge on any atom is 0.406 e.